The van der Waals surface area contributed by atoms with Crippen molar-refractivity contribution in [1.82, 2.24) is 20.2 Å². The number of hydrogen-bond donors (Lipinski definition) is 1. The maximum absolute atomic E-state index is 12.6. The Labute approximate surface area is 156 Å². The molecule has 1 saturated carbocycles. The Hall–Kier alpha value is -1.54. The maximum atomic E-state index is 12.6. The molecule has 0 radical (unpaired) electrons. The Morgan fingerprint density at radius 1 is 1.32 bits per heavy atom. The predicted molar refractivity (Wildman–Crippen MR) is 101 cm³/mol. The van der Waals surface area contributed by atoms with Crippen LogP contribution in [0.2, 0.25) is 0 Å². The second-order valence-corrected chi connectivity index (χ2v) is 8.51. The molecule has 3 rings (SSSR count). The van der Waals surface area contributed by atoms with E-state index in [0.29, 0.717) is 17.5 Å². The number of thioether (sulfide) groups is 1. The minimum Gasteiger partial charge on any atom is -0.300 e. The fourth-order valence-electron chi connectivity index (χ4n) is 2.95. The Bertz CT molecular complexity index is 715. The molecule has 0 saturated heterocycles. The van der Waals surface area contributed by atoms with Crippen LogP contribution >= 0.6 is 23.1 Å². The van der Waals surface area contributed by atoms with Crippen molar-refractivity contribution in [3.63, 3.8) is 0 Å². The van der Waals surface area contributed by atoms with Crippen LogP contribution in [0.3, 0.4) is 0 Å². The summed E-state index contributed by atoms with van der Waals surface area (Å²) in [7, 11) is 0. The zero-order valence-corrected chi connectivity index (χ0v) is 16.2. The Balaban J connectivity index is 1.61. The first-order valence-corrected chi connectivity index (χ1v) is 10.4. The van der Waals surface area contributed by atoms with Gasteiger partial charge in [-0.05, 0) is 32.3 Å². The van der Waals surface area contributed by atoms with E-state index < -0.39 is 0 Å². The van der Waals surface area contributed by atoms with E-state index in [1.165, 1.54) is 61.5 Å². The minimum atomic E-state index is -0.212. The smallest absolute Gasteiger partial charge is 0.239 e. The number of nitrogens with one attached hydrogen (secondary N) is 1. The molecule has 1 N–H and O–H groups in total. The van der Waals surface area contributed by atoms with E-state index >= 15 is 0 Å². The molecule has 1 amide bonds. The summed E-state index contributed by atoms with van der Waals surface area (Å²) in [5.74, 6) is 0.465. The number of hydrogen-bond acceptors (Lipinski definition) is 7. The van der Waals surface area contributed by atoms with Crippen molar-refractivity contribution in [2.24, 2.45) is 0 Å². The lowest BCUT2D eigenvalue weighted by Gasteiger charge is -2.18. The van der Waals surface area contributed by atoms with E-state index in [1.54, 1.807) is 0 Å². The van der Waals surface area contributed by atoms with Crippen molar-refractivity contribution in [2.45, 2.75) is 68.6 Å². The zero-order valence-electron chi connectivity index (χ0n) is 14.6. The van der Waals surface area contributed by atoms with Gasteiger partial charge in [0.15, 0.2) is 0 Å². The van der Waals surface area contributed by atoms with Gasteiger partial charge in [0.05, 0.1) is 5.25 Å². The van der Waals surface area contributed by atoms with E-state index in [0.717, 1.165) is 15.7 Å². The van der Waals surface area contributed by atoms with E-state index in [9.17, 15) is 4.79 Å². The van der Waals surface area contributed by atoms with Crippen molar-refractivity contribution in [1.29, 1.82) is 0 Å². The normalized spacial score (nSPS) is 16.6. The second-order valence-electron chi connectivity index (χ2n) is 6.28. The van der Waals surface area contributed by atoms with Crippen LogP contribution in [0.1, 0.15) is 62.1 Å². The molecule has 134 valence electrons. The minimum absolute atomic E-state index is 0.0462. The lowest BCUT2D eigenvalue weighted by Crippen LogP contribution is -2.24. The van der Waals surface area contributed by atoms with Gasteiger partial charge in [-0.25, -0.2) is 9.97 Å². The van der Waals surface area contributed by atoms with Crippen LogP contribution in [0.15, 0.2) is 17.4 Å². The third-order valence-electron chi connectivity index (χ3n) is 4.33. The van der Waals surface area contributed by atoms with Gasteiger partial charge in [-0.15, -0.1) is 10.2 Å². The molecule has 1 unspecified atom stereocenters. The maximum Gasteiger partial charge on any atom is 0.239 e. The van der Waals surface area contributed by atoms with Crippen LogP contribution in [0.5, 0.6) is 0 Å². The first-order chi connectivity index (χ1) is 12.2. The number of carbonyl (C=O) groups excluding carboxylic acids is 1. The van der Waals surface area contributed by atoms with Gasteiger partial charge in [0.2, 0.25) is 11.0 Å². The molecule has 2 aromatic heterocycles. The lowest BCUT2D eigenvalue weighted by atomic mass is 9.90. The molecular formula is C17H23N5OS2. The quantitative estimate of drug-likeness (QED) is 0.600. The summed E-state index contributed by atoms with van der Waals surface area (Å²) in [6, 6.07) is 1.90. The molecule has 1 aliphatic carbocycles. The topological polar surface area (TPSA) is 80.7 Å². The zero-order chi connectivity index (χ0) is 17.6. The fraction of sp³-hybridized carbons (Fsp3) is 0.588. The van der Waals surface area contributed by atoms with E-state index in [2.05, 4.69) is 25.5 Å². The summed E-state index contributed by atoms with van der Waals surface area (Å²) in [6.07, 6.45) is 8.46. The average molecular weight is 378 g/mol. The molecule has 0 spiro atoms. The van der Waals surface area contributed by atoms with Crippen molar-refractivity contribution in [2.75, 3.05) is 5.32 Å². The number of aryl methyl sites for hydroxylation is 1. The molecule has 6 nitrogen and oxygen atoms in total. The van der Waals surface area contributed by atoms with Gasteiger partial charge in [-0.2, -0.15) is 0 Å². The lowest BCUT2D eigenvalue weighted by molar-refractivity contribution is -0.115. The van der Waals surface area contributed by atoms with Gasteiger partial charge in [-0.3, -0.25) is 10.1 Å². The van der Waals surface area contributed by atoms with Crippen molar-refractivity contribution >= 4 is 34.1 Å². The van der Waals surface area contributed by atoms with Gasteiger partial charge in [0.25, 0.3) is 0 Å². The largest absolute Gasteiger partial charge is 0.300 e. The van der Waals surface area contributed by atoms with Gasteiger partial charge >= 0.3 is 0 Å². The monoisotopic (exact) mass is 377 g/mol. The molecule has 2 aromatic rings. The summed E-state index contributed by atoms with van der Waals surface area (Å²) < 4.78 is 0. The highest BCUT2D eigenvalue weighted by Gasteiger charge is 2.23. The molecule has 8 heteroatoms. The molecule has 1 aliphatic rings. The van der Waals surface area contributed by atoms with Crippen LogP contribution in [-0.2, 0) is 4.79 Å². The number of amides is 1. The predicted octanol–water partition coefficient (Wildman–Crippen LogP) is 4.19. The van der Waals surface area contributed by atoms with E-state index in [-0.39, 0.29) is 11.2 Å². The van der Waals surface area contributed by atoms with E-state index in [4.69, 9.17) is 0 Å². The average Bonchev–Trinajstić information content (AvgIpc) is 3.09. The molecule has 0 aromatic carbocycles. The Morgan fingerprint density at radius 3 is 2.84 bits per heavy atom. The summed E-state index contributed by atoms with van der Waals surface area (Å²) >= 11 is 2.97. The summed E-state index contributed by atoms with van der Waals surface area (Å²) in [5.41, 5.74) is 0.897. The van der Waals surface area contributed by atoms with Crippen LogP contribution in [-0.4, -0.2) is 31.3 Å². The Kier molecular flexibility index (Phi) is 6.36. The van der Waals surface area contributed by atoms with Gasteiger partial charge in [0, 0.05) is 11.6 Å². The standard InChI is InChI=1S/C17H23N5OS2/c1-3-13(24-14-9-11(2)18-10-19-14)15(23)20-17-22-21-16(25-17)12-7-5-4-6-8-12/h9-10,12-13H,3-8H2,1-2H3,(H,20,22,23). The summed E-state index contributed by atoms with van der Waals surface area (Å²) in [6.45, 7) is 3.92. The van der Waals surface area contributed by atoms with Crippen LogP contribution < -0.4 is 5.32 Å². The third-order valence-corrected chi connectivity index (χ3v) is 6.63. The van der Waals surface area contributed by atoms with E-state index in [1.807, 2.05) is 19.9 Å². The second kappa shape index (κ2) is 8.71. The molecule has 0 bridgehead atoms. The van der Waals surface area contributed by atoms with Crippen molar-refractivity contribution in [3.8, 4) is 0 Å². The van der Waals surface area contributed by atoms with Gasteiger partial charge < -0.3 is 0 Å². The number of nitrogens with zero attached hydrogens (tertiary/aromatic N) is 4. The highest BCUT2D eigenvalue weighted by atomic mass is 32.2. The molecule has 1 atom stereocenters. The SMILES string of the molecule is CCC(Sc1cc(C)ncn1)C(=O)Nc1nnc(C2CCCCC2)s1. The number of aromatic nitrogens is 4. The molecule has 25 heavy (non-hydrogen) atoms. The van der Waals surface area contributed by atoms with Crippen LogP contribution in [0.25, 0.3) is 0 Å². The summed E-state index contributed by atoms with van der Waals surface area (Å²) in [4.78, 5) is 20.9. The Morgan fingerprint density at radius 2 is 2.12 bits per heavy atom. The van der Waals surface area contributed by atoms with Crippen LogP contribution in [0, 0.1) is 6.92 Å². The van der Waals surface area contributed by atoms with Gasteiger partial charge in [0.1, 0.15) is 16.4 Å². The molecular weight excluding hydrogens is 354 g/mol. The van der Waals surface area contributed by atoms with Crippen LogP contribution in [0.4, 0.5) is 5.13 Å². The molecule has 1 fully saturated rings. The van der Waals surface area contributed by atoms with Crippen molar-refractivity contribution < 1.29 is 4.79 Å². The van der Waals surface area contributed by atoms with Gasteiger partial charge in [-0.1, -0.05) is 49.3 Å². The highest BCUT2D eigenvalue weighted by Crippen LogP contribution is 2.35. The highest BCUT2D eigenvalue weighted by molar-refractivity contribution is 8.00. The fourth-order valence-corrected chi connectivity index (χ4v) is 4.83. The molecule has 0 aliphatic heterocycles. The third kappa shape index (κ3) is 4.98. The first-order valence-electron chi connectivity index (χ1n) is 8.75. The number of anilines is 1. The molecule has 2 heterocycles. The first kappa shape index (κ1) is 18.3. The number of rotatable bonds is 6. The summed E-state index contributed by atoms with van der Waals surface area (Å²) in [5, 5.41) is 13.7. The van der Waals surface area contributed by atoms with Crippen molar-refractivity contribution in [3.05, 3.63) is 23.1 Å². The number of carbonyl (C=O) groups is 1.